The number of halogens is 1. The Hall–Kier alpha value is -4.56. The molecule has 1 fully saturated rings. The molecule has 2 heterocycles. The molecule has 4 aromatic rings. The number of nitrogens with zero attached hydrogens (tertiary/aromatic N) is 2. The van der Waals surface area contributed by atoms with Crippen molar-refractivity contribution in [3.63, 3.8) is 0 Å². The van der Waals surface area contributed by atoms with Crippen LogP contribution in [0.4, 0.5) is 9.59 Å². The number of carbonyl (C=O) groups is 2. The highest BCUT2D eigenvalue weighted by atomic mass is 35.5. The summed E-state index contributed by atoms with van der Waals surface area (Å²) < 4.78 is 12.6. The van der Waals surface area contributed by atoms with Crippen LogP contribution >= 0.6 is 11.6 Å². The first-order chi connectivity index (χ1) is 22.5. The monoisotopic (exact) mass is 655 g/mol. The van der Waals surface area contributed by atoms with E-state index in [0.717, 1.165) is 33.4 Å². The molecule has 0 spiro atoms. The summed E-state index contributed by atoms with van der Waals surface area (Å²) in [7, 11) is 1.73. The van der Waals surface area contributed by atoms with Crippen LogP contribution in [0.3, 0.4) is 0 Å². The summed E-state index contributed by atoms with van der Waals surface area (Å²) in [6, 6.07) is 27.3. The lowest BCUT2D eigenvalue weighted by molar-refractivity contribution is 0.0184. The van der Waals surface area contributed by atoms with Crippen LogP contribution in [0.1, 0.15) is 61.3 Å². The first-order valence-electron chi connectivity index (χ1n) is 16.0. The second kappa shape index (κ2) is 14.9. The zero-order valence-corrected chi connectivity index (χ0v) is 28.1. The number of ether oxygens (including phenoxy) is 2. The molecule has 0 bridgehead atoms. The maximum absolute atomic E-state index is 13.1. The number of rotatable bonds is 8. The quantitative estimate of drug-likeness (QED) is 0.210. The van der Waals surface area contributed by atoms with Gasteiger partial charge in [-0.25, -0.2) is 9.59 Å². The molecule has 0 radical (unpaired) electrons. The van der Waals surface area contributed by atoms with E-state index in [1.165, 1.54) is 0 Å². The highest BCUT2D eigenvalue weighted by Crippen LogP contribution is 2.43. The Kier molecular flexibility index (Phi) is 10.7. The summed E-state index contributed by atoms with van der Waals surface area (Å²) in [6.07, 6.45) is 2.24. The van der Waals surface area contributed by atoms with Gasteiger partial charge in [0, 0.05) is 49.9 Å². The average molecular weight is 656 g/mol. The smallest absolute Gasteiger partial charge is 0.410 e. The highest BCUT2D eigenvalue weighted by molar-refractivity contribution is 6.31. The number of pyridine rings is 1. The van der Waals surface area contributed by atoms with Crippen LogP contribution in [0.25, 0.3) is 11.1 Å². The Morgan fingerprint density at radius 3 is 2.43 bits per heavy atom. The van der Waals surface area contributed by atoms with Crippen molar-refractivity contribution in [2.45, 2.75) is 57.7 Å². The van der Waals surface area contributed by atoms with E-state index in [0.29, 0.717) is 37.5 Å². The molecular weight excluding hydrogens is 614 g/mol. The van der Waals surface area contributed by atoms with Crippen molar-refractivity contribution in [1.82, 2.24) is 14.8 Å². The zero-order chi connectivity index (χ0) is 33.6. The van der Waals surface area contributed by atoms with E-state index < -0.39 is 11.7 Å². The van der Waals surface area contributed by atoms with E-state index in [1.54, 1.807) is 28.8 Å². The first kappa shape index (κ1) is 33.8. The van der Waals surface area contributed by atoms with Crippen LogP contribution in [0, 0.1) is 0 Å². The minimum absolute atomic E-state index is 0.00839. The second-order valence-corrected chi connectivity index (χ2v) is 13.4. The van der Waals surface area contributed by atoms with Gasteiger partial charge in [-0.3, -0.25) is 4.79 Å². The molecule has 5 rings (SSSR count). The summed E-state index contributed by atoms with van der Waals surface area (Å²) in [4.78, 5) is 39.7. The van der Waals surface area contributed by atoms with Gasteiger partial charge in [-0.15, -0.1) is 0 Å². The van der Waals surface area contributed by atoms with Crippen LogP contribution in [0.5, 0.6) is 0 Å². The van der Waals surface area contributed by atoms with E-state index in [9.17, 15) is 14.4 Å². The molecular formula is C38H42ClN3O5. The molecule has 0 aliphatic carbocycles. The lowest BCUT2D eigenvalue weighted by Gasteiger charge is -2.40. The molecule has 2 atom stereocenters. The Bertz CT molecular complexity index is 1770. The van der Waals surface area contributed by atoms with E-state index in [-0.39, 0.29) is 30.1 Å². The molecule has 47 heavy (non-hydrogen) atoms. The number of benzene rings is 3. The average Bonchev–Trinajstić information content (AvgIpc) is 3.05. The molecule has 0 unspecified atom stereocenters. The maximum atomic E-state index is 13.1. The molecule has 2 amide bonds. The van der Waals surface area contributed by atoms with Crippen molar-refractivity contribution < 1.29 is 19.1 Å². The van der Waals surface area contributed by atoms with E-state index in [4.69, 9.17) is 21.1 Å². The van der Waals surface area contributed by atoms with Crippen LogP contribution in [0.2, 0.25) is 5.02 Å². The predicted molar refractivity (Wildman–Crippen MR) is 185 cm³/mol. The molecule has 246 valence electrons. The van der Waals surface area contributed by atoms with Crippen LogP contribution in [-0.4, -0.2) is 46.9 Å². The lowest BCUT2D eigenvalue weighted by atomic mass is 9.76. The van der Waals surface area contributed by atoms with Gasteiger partial charge in [-0.1, -0.05) is 78.3 Å². The van der Waals surface area contributed by atoms with Crippen molar-refractivity contribution in [1.29, 1.82) is 0 Å². The molecule has 1 aliphatic heterocycles. The Balaban J connectivity index is 1.34. The Morgan fingerprint density at radius 1 is 0.957 bits per heavy atom. The van der Waals surface area contributed by atoms with Gasteiger partial charge in [0.15, 0.2) is 0 Å². The third-order valence-corrected chi connectivity index (χ3v) is 8.75. The summed E-state index contributed by atoms with van der Waals surface area (Å²) in [6.45, 7) is 7.13. The molecule has 0 saturated carbocycles. The molecule has 3 aromatic carbocycles. The number of nitrogens with one attached hydrogen (secondary N) is 1. The van der Waals surface area contributed by atoms with Crippen molar-refractivity contribution in [2.75, 3.05) is 19.6 Å². The molecule has 1 aromatic heterocycles. The predicted octanol–water partition coefficient (Wildman–Crippen LogP) is 7.68. The van der Waals surface area contributed by atoms with Crippen molar-refractivity contribution in [3.05, 3.63) is 129 Å². The van der Waals surface area contributed by atoms with Gasteiger partial charge in [0.25, 0.3) is 5.56 Å². The fourth-order valence-corrected chi connectivity index (χ4v) is 6.36. The number of carbonyl (C=O) groups excluding carboxylic acids is 2. The number of aromatic nitrogens is 1. The van der Waals surface area contributed by atoms with Gasteiger partial charge in [0.2, 0.25) is 0 Å². The van der Waals surface area contributed by atoms with E-state index in [1.807, 2.05) is 93.6 Å². The summed E-state index contributed by atoms with van der Waals surface area (Å²) in [5, 5.41) is 3.43. The highest BCUT2D eigenvalue weighted by Gasteiger charge is 2.36. The van der Waals surface area contributed by atoms with Crippen LogP contribution in [0.15, 0.2) is 95.9 Å². The number of hydrogen-bond acceptors (Lipinski definition) is 5. The SMILES string of the molecule is Cn1ccc([C@@H]2CCN(C(=O)OC(C)(C)C)C[C@H]2c2ccc(-c3ccccc3CCNC(=O)OCc3ccccc3)cc2Cl)cc1=O. The van der Waals surface area contributed by atoms with Gasteiger partial charge in [0.05, 0.1) is 0 Å². The molecule has 8 nitrogen and oxygen atoms in total. The Labute approximate surface area is 281 Å². The number of alkyl carbamates (subject to hydrolysis) is 1. The Morgan fingerprint density at radius 2 is 1.70 bits per heavy atom. The third kappa shape index (κ3) is 8.83. The van der Waals surface area contributed by atoms with E-state index >= 15 is 0 Å². The zero-order valence-electron chi connectivity index (χ0n) is 27.4. The van der Waals surface area contributed by atoms with Gasteiger partial charge in [0.1, 0.15) is 12.2 Å². The van der Waals surface area contributed by atoms with Crippen molar-refractivity contribution in [3.8, 4) is 11.1 Å². The normalized spacial score (nSPS) is 16.4. The van der Waals surface area contributed by atoms with Gasteiger partial charge in [-0.2, -0.15) is 0 Å². The largest absolute Gasteiger partial charge is 0.445 e. The van der Waals surface area contributed by atoms with E-state index in [2.05, 4.69) is 11.4 Å². The van der Waals surface area contributed by atoms with Gasteiger partial charge < -0.3 is 24.3 Å². The summed E-state index contributed by atoms with van der Waals surface area (Å²) in [5.41, 5.74) is 5.11. The summed E-state index contributed by atoms with van der Waals surface area (Å²) in [5.74, 6) is -0.155. The molecule has 9 heteroatoms. The fourth-order valence-electron chi connectivity index (χ4n) is 6.04. The van der Waals surface area contributed by atoms with Crippen molar-refractivity contribution in [2.24, 2.45) is 7.05 Å². The number of piperidine rings is 1. The fraction of sp³-hybridized carbons (Fsp3) is 0.342. The molecule has 1 N–H and O–H groups in total. The minimum atomic E-state index is -0.611. The number of likely N-dealkylation sites (tertiary alicyclic amines) is 1. The van der Waals surface area contributed by atoms with Gasteiger partial charge in [-0.05, 0) is 85.0 Å². The second-order valence-electron chi connectivity index (χ2n) is 13.0. The van der Waals surface area contributed by atoms with Crippen LogP contribution < -0.4 is 10.9 Å². The molecule has 1 saturated heterocycles. The topological polar surface area (TPSA) is 89.9 Å². The molecule has 1 aliphatic rings. The number of hydrogen-bond donors (Lipinski definition) is 1. The lowest BCUT2D eigenvalue weighted by Crippen LogP contribution is -2.44. The van der Waals surface area contributed by atoms with Crippen molar-refractivity contribution >= 4 is 23.8 Å². The number of aryl methyl sites for hydroxylation is 1. The minimum Gasteiger partial charge on any atom is -0.445 e. The van der Waals surface area contributed by atoms with Crippen LogP contribution in [-0.2, 0) is 29.5 Å². The van der Waals surface area contributed by atoms with Gasteiger partial charge >= 0.3 is 12.2 Å². The standard InChI is InChI=1S/C38H42ClN3O5/c1-38(2,3)47-37(45)42-21-18-31(29-17-20-41(4)35(43)23-29)33(24-42)32-15-14-28(22-34(32)39)30-13-9-8-12-27(30)16-19-40-36(44)46-25-26-10-6-5-7-11-26/h5-15,17,20,22-23,31,33H,16,18-19,21,24-25H2,1-4H3,(H,40,44)/t31-,33+/m0/s1. The third-order valence-electron chi connectivity index (χ3n) is 8.43. The maximum Gasteiger partial charge on any atom is 0.410 e. The summed E-state index contributed by atoms with van der Waals surface area (Å²) >= 11 is 7.07. The number of amides is 2. The first-order valence-corrected chi connectivity index (χ1v) is 16.3.